The summed E-state index contributed by atoms with van der Waals surface area (Å²) < 4.78 is 29.0. The number of nitrogens with one attached hydrogen (secondary N) is 1. The van der Waals surface area contributed by atoms with Crippen molar-refractivity contribution in [3.63, 3.8) is 0 Å². The van der Waals surface area contributed by atoms with Gasteiger partial charge in [-0.25, -0.2) is 13.6 Å². The van der Waals surface area contributed by atoms with Crippen LogP contribution in [0.15, 0.2) is 17.1 Å². The Morgan fingerprint density at radius 3 is 2.71 bits per heavy atom. The zero-order chi connectivity index (χ0) is 10.7. The van der Waals surface area contributed by atoms with Crippen LogP contribution in [0.25, 0.3) is 0 Å². The van der Waals surface area contributed by atoms with Crippen molar-refractivity contribution in [3.05, 3.63) is 33.7 Å². The largest absolute Gasteiger partial charge is 0.465 e. The molecule has 76 valence electrons. The number of halogens is 2. The van der Waals surface area contributed by atoms with E-state index in [1.54, 1.807) is 0 Å². The van der Waals surface area contributed by atoms with Gasteiger partial charge in [0, 0.05) is 6.20 Å². The van der Waals surface area contributed by atoms with Crippen molar-refractivity contribution in [2.75, 3.05) is 7.11 Å². The van der Waals surface area contributed by atoms with E-state index in [4.69, 9.17) is 0 Å². The van der Waals surface area contributed by atoms with Crippen LogP contribution < -0.4 is 5.56 Å². The summed E-state index contributed by atoms with van der Waals surface area (Å²) >= 11 is 0. The summed E-state index contributed by atoms with van der Waals surface area (Å²) in [6.07, 6.45) is -1.89. The number of pyridine rings is 1. The molecule has 1 rings (SSSR count). The first kappa shape index (κ1) is 10.4. The maximum absolute atomic E-state index is 12.4. The van der Waals surface area contributed by atoms with Gasteiger partial charge < -0.3 is 9.72 Å². The molecule has 0 bridgehead atoms. The molecule has 4 nitrogen and oxygen atoms in total. The van der Waals surface area contributed by atoms with E-state index in [9.17, 15) is 18.4 Å². The van der Waals surface area contributed by atoms with E-state index in [0.29, 0.717) is 0 Å². The molecule has 0 amide bonds. The van der Waals surface area contributed by atoms with E-state index in [1.807, 2.05) is 0 Å². The lowest BCUT2D eigenvalue weighted by atomic mass is 10.1. The molecule has 0 aliphatic heterocycles. The van der Waals surface area contributed by atoms with Gasteiger partial charge in [0.2, 0.25) is 0 Å². The third kappa shape index (κ3) is 1.78. The second-order valence-corrected chi connectivity index (χ2v) is 2.43. The van der Waals surface area contributed by atoms with E-state index in [-0.39, 0.29) is 0 Å². The smallest absolute Gasteiger partial charge is 0.338 e. The zero-order valence-corrected chi connectivity index (χ0v) is 7.21. The topological polar surface area (TPSA) is 59.2 Å². The Labute approximate surface area is 77.5 Å². The number of hydrogen-bond acceptors (Lipinski definition) is 3. The maximum Gasteiger partial charge on any atom is 0.338 e. The average Bonchev–Trinajstić information content (AvgIpc) is 2.15. The van der Waals surface area contributed by atoms with Crippen molar-refractivity contribution in [1.29, 1.82) is 0 Å². The first-order chi connectivity index (χ1) is 6.57. The standard InChI is InChI=1S/C8H7F2NO3/c1-14-8(13)4-2-3-11-7(12)5(4)6(9)10/h2-3,6H,1H3,(H,11,12). The van der Waals surface area contributed by atoms with Gasteiger partial charge in [0.25, 0.3) is 12.0 Å². The minimum Gasteiger partial charge on any atom is -0.465 e. The first-order valence-corrected chi connectivity index (χ1v) is 3.66. The molecule has 0 atom stereocenters. The van der Waals surface area contributed by atoms with Crippen molar-refractivity contribution in [2.24, 2.45) is 0 Å². The van der Waals surface area contributed by atoms with Crippen molar-refractivity contribution >= 4 is 5.97 Å². The molecule has 0 radical (unpaired) electrons. The van der Waals surface area contributed by atoms with E-state index >= 15 is 0 Å². The van der Waals surface area contributed by atoms with Crippen molar-refractivity contribution in [2.45, 2.75) is 6.43 Å². The number of carbonyl (C=O) groups is 1. The Morgan fingerprint density at radius 1 is 1.57 bits per heavy atom. The van der Waals surface area contributed by atoms with Gasteiger partial charge in [-0.15, -0.1) is 0 Å². The van der Waals surface area contributed by atoms with Crippen LogP contribution in [0.5, 0.6) is 0 Å². The highest BCUT2D eigenvalue weighted by molar-refractivity contribution is 5.90. The molecule has 6 heteroatoms. The zero-order valence-electron chi connectivity index (χ0n) is 7.21. The van der Waals surface area contributed by atoms with Gasteiger partial charge in [-0.3, -0.25) is 4.79 Å². The van der Waals surface area contributed by atoms with Gasteiger partial charge in [0.1, 0.15) is 0 Å². The number of aromatic amines is 1. The molecule has 0 aliphatic rings. The van der Waals surface area contributed by atoms with Gasteiger partial charge in [0.05, 0.1) is 18.2 Å². The second kappa shape index (κ2) is 3.99. The van der Waals surface area contributed by atoms with Gasteiger partial charge >= 0.3 is 5.97 Å². The summed E-state index contributed by atoms with van der Waals surface area (Å²) in [6, 6.07) is 1.08. The number of methoxy groups -OCH3 is 1. The van der Waals surface area contributed by atoms with Crippen LogP contribution in [0.3, 0.4) is 0 Å². The van der Waals surface area contributed by atoms with E-state index in [1.165, 1.54) is 0 Å². The maximum atomic E-state index is 12.4. The molecule has 0 saturated heterocycles. The third-order valence-corrected chi connectivity index (χ3v) is 1.62. The van der Waals surface area contributed by atoms with E-state index in [2.05, 4.69) is 9.72 Å². The van der Waals surface area contributed by atoms with Crippen molar-refractivity contribution in [1.82, 2.24) is 4.98 Å². The second-order valence-electron chi connectivity index (χ2n) is 2.43. The molecule has 0 aliphatic carbocycles. The SMILES string of the molecule is COC(=O)c1cc[nH]c(=O)c1C(F)F. The summed E-state index contributed by atoms with van der Waals surface area (Å²) in [4.78, 5) is 24.0. The molecule has 1 N–H and O–H groups in total. The normalized spacial score (nSPS) is 10.3. The van der Waals surface area contributed by atoms with Crippen LogP contribution in [0.4, 0.5) is 8.78 Å². The number of hydrogen-bond donors (Lipinski definition) is 1. The van der Waals surface area contributed by atoms with E-state index in [0.717, 1.165) is 19.4 Å². The number of carbonyl (C=O) groups excluding carboxylic acids is 1. The Morgan fingerprint density at radius 2 is 2.21 bits per heavy atom. The Balaban J connectivity index is 3.36. The highest BCUT2D eigenvalue weighted by Gasteiger charge is 2.21. The molecule has 14 heavy (non-hydrogen) atoms. The number of ether oxygens (including phenoxy) is 1. The third-order valence-electron chi connectivity index (χ3n) is 1.62. The molecule has 1 aromatic heterocycles. The van der Waals surface area contributed by atoms with Gasteiger partial charge in [0.15, 0.2) is 0 Å². The lowest BCUT2D eigenvalue weighted by Crippen LogP contribution is -2.18. The lowest BCUT2D eigenvalue weighted by Gasteiger charge is -2.04. The van der Waals surface area contributed by atoms with Crippen molar-refractivity contribution < 1.29 is 18.3 Å². The summed E-state index contributed by atoms with van der Waals surface area (Å²) in [5, 5.41) is 0. The average molecular weight is 203 g/mol. The Bertz CT molecular complexity index is 400. The monoisotopic (exact) mass is 203 g/mol. The van der Waals surface area contributed by atoms with Crippen LogP contribution in [-0.2, 0) is 4.74 Å². The van der Waals surface area contributed by atoms with Crippen LogP contribution in [0, 0.1) is 0 Å². The summed E-state index contributed by atoms with van der Waals surface area (Å²) in [7, 11) is 1.05. The van der Waals surface area contributed by atoms with Crippen molar-refractivity contribution in [3.8, 4) is 0 Å². The summed E-state index contributed by atoms with van der Waals surface area (Å²) in [6.45, 7) is 0. The molecule has 0 saturated carbocycles. The highest BCUT2D eigenvalue weighted by atomic mass is 19.3. The number of rotatable bonds is 2. The number of aromatic nitrogens is 1. The Kier molecular flexibility index (Phi) is 2.95. The quantitative estimate of drug-likeness (QED) is 0.732. The number of H-pyrrole nitrogens is 1. The molecule has 1 heterocycles. The first-order valence-electron chi connectivity index (χ1n) is 3.66. The summed E-state index contributed by atoms with van der Waals surface area (Å²) in [5.41, 5.74) is -2.26. The fourth-order valence-corrected chi connectivity index (χ4v) is 0.995. The fourth-order valence-electron chi connectivity index (χ4n) is 0.995. The van der Waals surface area contributed by atoms with Crippen LogP contribution >= 0.6 is 0 Å². The minimum absolute atomic E-state index is 0.411. The fraction of sp³-hybridized carbons (Fsp3) is 0.250. The molecule has 0 spiro atoms. The van der Waals surface area contributed by atoms with Gasteiger partial charge in [-0.1, -0.05) is 0 Å². The molecular weight excluding hydrogens is 196 g/mol. The highest BCUT2D eigenvalue weighted by Crippen LogP contribution is 2.18. The lowest BCUT2D eigenvalue weighted by molar-refractivity contribution is 0.0588. The minimum atomic E-state index is -3.01. The summed E-state index contributed by atoms with van der Waals surface area (Å²) in [5.74, 6) is -0.952. The predicted octanol–water partition coefficient (Wildman–Crippen LogP) is 1.10. The van der Waals surface area contributed by atoms with Crippen LogP contribution in [-0.4, -0.2) is 18.1 Å². The molecule has 0 unspecified atom stereocenters. The number of esters is 1. The van der Waals surface area contributed by atoms with Gasteiger partial charge in [-0.05, 0) is 6.07 Å². The Hall–Kier alpha value is -1.72. The molecule has 0 aromatic carbocycles. The molecular formula is C8H7F2NO3. The van der Waals surface area contributed by atoms with Crippen LogP contribution in [0.1, 0.15) is 22.3 Å². The van der Waals surface area contributed by atoms with Crippen LogP contribution in [0.2, 0.25) is 0 Å². The molecule has 0 fully saturated rings. The van der Waals surface area contributed by atoms with E-state index < -0.39 is 29.1 Å². The predicted molar refractivity (Wildman–Crippen MR) is 43.4 cm³/mol. The molecule has 1 aromatic rings. The van der Waals surface area contributed by atoms with Gasteiger partial charge in [-0.2, -0.15) is 0 Å². The number of alkyl halides is 2.